The minimum absolute atomic E-state index is 0.657. The Kier molecular flexibility index (Phi) is 2.98. The summed E-state index contributed by atoms with van der Waals surface area (Å²) in [4.78, 5) is 1.23. The van der Waals surface area contributed by atoms with Crippen molar-refractivity contribution in [2.45, 2.75) is 38.7 Å². The quantitative estimate of drug-likeness (QED) is 0.758. The zero-order valence-corrected chi connectivity index (χ0v) is 10.2. The molecule has 1 N–H and O–H groups in total. The van der Waals surface area contributed by atoms with Gasteiger partial charge >= 0.3 is 0 Å². The third-order valence-electron chi connectivity index (χ3n) is 3.39. The first-order chi connectivity index (χ1) is 7.15. The Labute approximate surface area is 95.5 Å². The minimum atomic E-state index is -0.699. The summed E-state index contributed by atoms with van der Waals surface area (Å²) in [6.07, 6.45) is 7.31. The number of hydrogen-bond acceptors (Lipinski definition) is 2. The second kappa shape index (κ2) is 4.11. The summed E-state index contributed by atoms with van der Waals surface area (Å²) in [5.74, 6) is 0.657. The first-order valence-corrected chi connectivity index (χ1v) is 6.50. The van der Waals surface area contributed by atoms with Gasteiger partial charge in [-0.15, -0.1) is 11.3 Å². The van der Waals surface area contributed by atoms with Crippen LogP contribution < -0.4 is 0 Å². The average Bonchev–Trinajstić information content (AvgIpc) is 2.66. The van der Waals surface area contributed by atoms with Crippen LogP contribution in [0.1, 0.15) is 36.6 Å². The highest BCUT2D eigenvalue weighted by Gasteiger charge is 2.31. The van der Waals surface area contributed by atoms with Crippen molar-refractivity contribution in [3.63, 3.8) is 0 Å². The summed E-state index contributed by atoms with van der Waals surface area (Å²) in [7, 11) is 0. The highest BCUT2D eigenvalue weighted by Crippen LogP contribution is 2.38. The molecule has 1 heterocycles. The fourth-order valence-electron chi connectivity index (χ4n) is 2.28. The molecule has 1 nitrogen and oxygen atoms in total. The number of thiophene rings is 1. The van der Waals surface area contributed by atoms with Crippen molar-refractivity contribution in [1.29, 1.82) is 0 Å². The van der Waals surface area contributed by atoms with Crippen molar-refractivity contribution in [2.75, 3.05) is 0 Å². The van der Waals surface area contributed by atoms with Crippen LogP contribution >= 0.6 is 11.3 Å². The number of hydrogen-bond donors (Lipinski definition) is 1. The summed E-state index contributed by atoms with van der Waals surface area (Å²) >= 11 is 1.71. The summed E-state index contributed by atoms with van der Waals surface area (Å²) < 4.78 is 0. The van der Waals surface area contributed by atoms with Crippen LogP contribution in [0.25, 0.3) is 0 Å². The van der Waals surface area contributed by atoms with Gasteiger partial charge in [-0.05, 0) is 43.6 Å². The summed E-state index contributed by atoms with van der Waals surface area (Å²) in [6.45, 7) is 4.28. The van der Waals surface area contributed by atoms with E-state index in [9.17, 15) is 5.11 Å². The van der Waals surface area contributed by atoms with E-state index in [1.165, 1.54) is 11.3 Å². The molecule has 2 atom stereocenters. The summed E-state index contributed by atoms with van der Waals surface area (Å²) in [6, 6.07) is 2.05. The molecule has 0 aliphatic heterocycles. The lowest BCUT2D eigenvalue weighted by atomic mass is 9.80. The molecule has 0 radical (unpaired) electrons. The fourth-order valence-corrected chi connectivity index (χ4v) is 3.06. The molecule has 0 spiro atoms. The lowest BCUT2D eigenvalue weighted by Crippen LogP contribution is -2.27. The lowest BCUT2D eigenvalue weighted by molar-refractivity contribution is 0.0659. The van der Waals surface area contributed by atoms with Crippen LogP contribution in [0.2, 0.25) is 0 Å². The summed E-state index contributed by atoms with van der Waals surface area (Å²) in [5, 5.41) is 12.6. The Balaban J connectivity index is 2.26. The van der Waals surface area contributed by atoms with Crippen LogP contribution in [-0.4, -0.2) is 5.11 Å². The van der Waals surface area contributed by atoms with Crippen LogP contribution in [0, 0.1) is 12.8 Å². The van der Waals surface area contributed by atoms with Gasteiger partial charge < -0.3 is 5.11 Å². The fraction of sp³-hybridized carbons (Fsp3) is 0.538. The van der Waals surface area contributed by atoms with E-state index in [0.717, 1.165) is 18.4 Å². The molecule has 0 saturated carbocycles. The number of aryl methyl sites for hydroxylation is 1. The molecule has 0 aromatic carbocycles. The number of allylic oxidation sites excluding steroid dienone is 1. The van der Waals surface area contributed by atoms with Crippen LogP contribution in [0.4, 0.5) is 0 Å². The van der Waals surface area contributed by atoms with Crippen LogP contribution in [-0.2, 0) is 5.60 Å². The SMILES string of the molecule is CCC1C=CC(O)(c2ccsc2C)CC1. The Hall–Kier alpha value is -0.600. The van der Waals surface area contributed by atoms with Gasteiger partial charge in [-0.25, -0.2) is 0 Å². The second-order valence-electron chi connectivity index (χ2n) is 4.38. The maximum Gasteiger partial charge on any atom is 0.109 e. The van der Waals surface area contributed by atoms with Crippen molar-refractivity contribution >= 4 is 11.3 Å². The molecule has 1 aromatic rings. The molecule has 15 heavy (non-hydrogen) atoms. The Morgan fingerprint density at radius 3 is 2.87 bits per heavy atom. The van der Waals surface area contributed by atoms with Gasteiger partial charge in [0.2, 0.25) is 0 Å². The lowest BCUT2D eigenvalue weighted by Gasteiger charge is -2.31. The maximum absolute atomic E-state index is 10.5. The van der Waals surface area contributed by atoms with Crippen LogP contribution in [0.5, 0.6) is 0 Å². The monoisotopic (exact) mass is 222 g/mol. The van der Waals surface area contributed by atoms with Gasteiger partial charge in [-0.2, -0.15) is 0 Å². The Morgan fingerprint density at radius 1 is 1.60 bits per heavy atom. The normalized spacial score (nSPS) is 30.7. The molecule has 0 bridgehead atoms. The van der Waals surface area contributed by atoms with E-state index in [4.69, 9.17) is 0 Å². The van der Waals surface area contributed by atoms with Crippen molar-refractivity contribution in [3.8, 4) is 0 Å². The summed E-state index contributed by atoms with van der Waals surface area (Å²) in [5.41, 5.74) is 0.397. The highest BCUT2D eigenvalue weighted by molar-refractivity contribution is 7.10. The predicted octanol–water partition coefficient (Wildman–Crippen LogP) is 3.62. The van der Waals surface area contributed by atoms with Gasteiger partial charge in [-0.1, -0.05) is 19.1 Å². The zero-order valence-electron chi connectivity index (χ0n) is 9.36. The average molecular weight is 222 g/mol. The van der Waals surface area contributed by atoms with Gasteiger partial charge in [0.05, 0.1) is 0 Å². The van der Waals surface area contributed by atoms with Crippen molar-refractivity contribution in [3.05, 3.63) is 34.0 Å². The molecule has 2 rings (SSSR count). The molecule has 82 valence electrons. The Bertz CT molecular complexity index is 366. The van der Waals surface area contributed by atoms with E-state index in [1.807, 2.05) is 6.08 Å². The zero-order chi connectivity index (χ0) is 10.9. The van der Waals surface area contributed by atoms with E-state index in [1.54, 1.807) is 11.3 Å². The molecular weight excluding hydrogens is 204 g/mol. The minimum Gasteiger partial charge on any atom is -0.381 e. The topological polar surface area (TPSA) is 20.2 Å². The first kappa shape index (κ1) is 10.9. The molecular formula is C13H18OS. The molecule has 2 unspecified atom stereocenters. The molecule has 2 heteroatoms. The first-order valence-electron chi connectivity index (χ1n) is 5.62. The van der Waals surface area contributed by atoms with E-state index >= 15 is 0 Å². The van der Waals surface area contributed by atoms with E-state index in [-0.39, 0.29) is 0 Å². The third-order valence-corrected chi connectivity index (χ3v) is 4.24. The van der Waals surface area contributed by atoms with Crippen molar-refractivity contribution in [1.82, 2.24) is 0 Å². The number of rotatable bonds is 2. The van der Waals surface area contributed by atoms with Crippen molar-refractivity contribution in [2.24, 2.45) is 5.92 Å². The van der Waals surface area contributed by atoms with Gasteiger partial charge in [0.25, 0.3) is 0 Å². The standard InChI is InChI=1S/C13H18OS/c1-3-11-4-7-13(14,8-5-11)12-6-9-15-10(12)2/h4,6-7,9,11,14H,3,5,8H2,1-2H3. The van der Waals surface area contributed by atoms with Crippen molar-refractivity contribution < 1.29 is 5.11 Å². The van der Waals surface area contributed by atoms with E-state index < -0.39 is 5.60 Å². The molecule has 0 amide bonds. The van der Waals surface area contributed by atoms with E-state index in [2.05, 4.69) is 31.4 Å². The second-order valence-corrected chi connectivity index (χ2v) is 5.50. The molecule has 0 fully saturated rings. The Morgan fingerprint density at radius 2 is 2.40 bits per heavy atom. The van der Waals surface area contributed by atoms with Crippen LogP contribution in [0.3, 0.4) is 0 Å². The van der Waals surface area contributed by atoms with Gasteiger partial charge in [0, 0.05) is 10.4 Å². The number of aliphatic hydroxyl groups is 1. The predicted molar refractivity (Wildman–Crippen MR) is 65.1 cm³/mol. The molecule has 0 saturated heterocycles. The third kappa shape index (κ3) is 2.01. The van der Waals surface area contributed by atoms with Gasteiger partial charge in [0.1, 0.15) is 5.60 Å². The highest BCUT2D eigenvalue weighted by atomic mass is 32.1. The maximum atomic E-state index is 10.5. The van der Waals surface area contributed by atoms with E-state index in [0.29, 0.717) is 5.92 Å². The van der Waals surface area contributed by atoms with Gasteiger partial charge in [0.15, 0.2) is 0 Å². The van der Waals surface area contributed by atoms with Crippen LogP contribution in [0.15, 0.2) is 23.6 Å². The largest absolute Gasteiger partial charge is 0.381 e. The smallest absolute Gasteiger partial charge is 0.109 e. The molecule has 1 aromatic heterocycles. The van der Waals surface area contributed by atoms with Gasteiger partial charge in [-0.3, -0.25) is 0 Å². The molecule has 1 aliphatic carbocycles. The molecule has 1 aliphatic rings.